The largest absolute Gasteiger partial charge is 0.512 e. The number of nitrogens with one attached hydrogen (secondary N) is 1. The number of H-pyrrole nitrogens is 1. The standard InChI is InChI=1S/C23H18N4O/c1-2-23(28)21-12-20-11-18-6-5-16(25-18)9-14-3-4-15(24-14)10-17-7-8-19(26-17)13-22(21)27-20/h3-13,27-28H,2H2,1H3. The molecule has 0 saturated heterocycles. The van der Waals surface area contributed by atoms with Gasteiger partial charge in [-0.15, -0.1) is 0 Å². The van der Waals surface area contributed by atoms with Crippen molar-refractivity contribution in [2.24, 2.45) is 15.0 Å². The van der Waals surface area contributed by atoms with E-state index in [0.29, 0.717) is 12.2 Å². The van der Waals surface area contributed by atoms with Crippen LogP contribution in [0.3, 0.4) is 0 Å². The summed E-state index contributed by atoms with van der Waals surface area (Å²) in [4.78, 5) is 17.3. The molecule has 1 aromatic rings. The Kier molecular flexibility index (Phi) is 3.79. The predicted molar refractivity (Wildman–Crippen MR) is 115 cm³/mol. The van der Waals surface area contributed by atoms with Gasteiger partial charge in [-0.3, -0.25) is 0 Å². The van der Waals surface area contributed by atoms with Gasteiger partial charge in [0.25, 0.3) is 0 Å². The molecule has 2 N–H and O–H groups in total. The second kappa shape index (κ2) is 6.46. The summed E-state index contributed by atoms with van der Waals surface area (Å²) in [7, 11) is 0. The van der Waals surface area contributed by atoms with Crippen LogP contribution in [0.2, 0.25) is 0 Å². The summed E-state index contributed by atoms with van der Waals surface area (Å²) in [6.07, 6.45) is 20.2. The van der Waals surface area contributed by atoms with Crippen LogP contribution in [0.5, 0.6) is 0 Å². The van der Waals surface area contributed by atoms with Gasteiger partial charge in [0.1, 0.15) is 5.76 Å². The normalized spacial score (nSPS) is 20.2. The third kappa shape index (κ3) is 3.07. The number of aliphatic hydroxyl groups excluding tert-OH is 1. The van der Waals surface area contributed by atoms with Crippen molar-refractivity contribution in [1.82, 2.24) is 4.98 Å². The summed E-state index contributed by atoms with van der Waals surface area (Å²) >= 11 is 0. The first kappa shape index (κ1) is 16.4. The quantitative estimate of drug-likeness (QED) is 0.788. The lowest BCUT2D eigenvalue weighted by atomic mass is 10.2. The van der Waals surface area contributed by atoms with Gasteiger partial charge >= 0.3 is 0 Å². The molecule has 8 bridgehead atoms. The Morgan fingerprint density at radius 2 is 1.32 bits per heavy atom. The topological polar surface area (TPSA) is 73.1 Å². The Morgan fingerprint density at radius 1 is 0.786 bits per heavy atom. The van der Waals surface area contributed by atoms with Crippen molar-refractivity contribution < 1.29 is 5.11 Å². The first-order chi connectivity index (χ1) is 13.7. The number of hydrogen-bond acceptors (Lipinski definition) is 4. The number of rotatable bonds is 1. The third-order valence-electron chi connectivity index (χ3n) is 4.75. The molecule has 0 spiro atoms. The maximum atomic E-state index is 10.4. The average Bonchev–Trinajstić information content (AvgIpc) is 3.45. The molecular weight excluding hydrogens is 348 g/mol. The third-order valence-corrected chi connectivity index (χ3v) is 4.75. The highest BCUT2D eigenvalue weighted by Crippen LogP contribution is 2.18. The zero-order valence-electron chi connectivity index (χ0n) is 15.3. The van der Waals surface area contributed by atoms with Crippen molar-refractivity contribution in [3.05, 3.63) is 88.0 Å². The molecule has 5 nitrogen and oxygen atoms in total. The summed E-state index contributed by atoms with van der Waals surface area (Å²) in [6.45, 7) is 1.93. The fourth-order valence-corrected chi connectivity index (χ4v) is 3.39. The minimum atomic E-state index is 0.344. The van der Waals surface area contributed by atoms with E-state index in [4.69, 9.17) is 0 Å². The average molecular weight is 366 g/mol. The summed E-state index contributed by atoms with van der Waals surface area (Å²) in [5.74, 6) is 0.344. The zero-order chi connectivity index (χ0) is 19.1. The number of allylic oxidation sites excluding steroid dienone is 8. The zero-order valence-corrected chi connectivity index (χ0v) is 15.3. The summed E-state index contributed by atoms with van der Waals surface area (Å²) < 4.78 is 0. The van der Waals surface area contributed by atoms with Crippen LogP contribution in [-0.4, -0.2) is 27.2 Å². The molecule has 0 aromatic carbocycles. The molecule has 5 heterocycles. The number of fused-ring (bicyclic) bond motifs is 5. The van der Waals surface area contributed by atoms with Crippen molar-refractivity contribution in [3.8, 4) is 0 Å². The molecular formula is C23H18N4O. The molecule has 5 heteroatoms. The van der Waals surface area contributed by atoms with E-state index < -0.39 is 0 Å². The van der Waals surface area contributed by atoms with E-state index in [-0.39, 0.29) is 0 Å². The molecule has 0 saturated carbocycles. The van der Waals surface area contributed by atoms with Gasteiger partial charge in [0.05, 0.1) is 39.6 Å². The van der Waals surface area contributed by atoms with Gasteiger partial charge in [-0.25, -0.2) is 15.0 Å². The summed E-state index contributed by atoms with van der Waals surface area (Å²) in [5, 5.41) is 12.0. The highest BCUT2D eigenvalue weighted by molar-refractivity contribution is 6.20. The Morgan fingerprint density at radius 3 is 1.89 bits per heavy atom. The monoisotopic (exact) mass is 366 g/mol. The first-order valence-electron chi connectivity index (χ1n) is 9.24. The van der Waals surface area contributed by atoms with Crippen molar-refractivity contribution in [2.75, 3.05) is 0 Å². The van der Waals surface area contributed by atoms with E-state index in [1.807, 2.05) is 73.8 Å². The van der Waals surface area contributed by atoms with Crippen LogP contribution in [0, 0.1) is 0 Å². The molecule has 0 amide bonds. The maximum absolute atomic E-state index is 10.4. The maximum Gasteiger partial charge on any atom is 0.101 e. The number of aliphatic imine (C=N–C) groups is 3. The van der Waals surface area contributed by atoms with Crippen LogP contribution in [-0.2, 0) is 0 Å². The highest BCUT2D eigenvalue weighted by Gasteiger charge is 2.10. The number of hydrogen-bond donors (Lipinski definition) is 2. The Bertz CT molecular complexity index is 1280. The van der Waals surface area contributed by atoms with Gasteiger partial charge in [0, 0.05) is 17.3 Å². The fourth-order valence-electron chi connectivity index (χ4n) is 3.39. The summed E-state index contributed by atoms with van der Waals surface area (Å²) in [6, 6.07) is 1.95. The van der Waals surface area contributed by atoms with Gasteiger partial charge in [-0.1, -0.05) is 6.92 Å². The van der Waals surface area contributed by atoms with Crippen LogP contribution >= 0.6 is 0 Å². The Hall–Kier alpha value is -3.73. The number of aromatic amines is 1. The Labute approximate surface area is 162 Å². The minimum absolute atomic E-state index is 0.344. The molecule has 0 aliphatic carbocycles. The Balaban J connectivity index is 1.75. The van der Waals surface area contributed by atoms with E-state index in [1.165, 1.54) is 0 Å². The lowest BCUT2D eigenvalue weighted by molar-refractivity contribution is 0.483. The first-order valence-corrected chi connectivity index (χ1v) is 9.24. The molecule has 0 atom stereocenters. The van der Waals surface area contributed by atoms with Crippen LogP contribution in [0.15, 0.2) is 86.7 Å². The molecule has 0 radical (unpaired) electrons. The molecule has 1 aromatic heterocycles. The van der Waals surface area contributed by atoms with E-state index in [9.17, 15) is 5.11 Å². The molecule has 4 aliphatic rings. The van der Waals surface area contributed by atoms with Crippen molar-refractivity contribution in [3.63, 3.8) is 0 Å². The van der Waals surface area contributed by atoms with Crippen LogP contribution < -0.4 is 10.6 Å². The number of aromatic nitrogens is 1. The highest BCUT2D eigenvalue weighted by atomic mass is 16.3. The van der Waals surface area contributed by atoms with Crippen LogP contribution in [0.4, 0.5) is 0 Å². The van der Waals surface area contributed by atoms with Crippen molar-refractivity contribution >= 4 is 35.0 Å². The second-order valence-electron chi connectivity index (χ2n) is 6.81. The lowest BCUT2D eigenvalue weighted by Gasteiger charge is -1.93. The lowest BCUT2D eigenvalue weighted by Crippen LogP contribution is -2.26. The van der Waals surface area contributed by atoms with E-state index >= 15 is 0 Å². The minimum Gasteiger partial charge on any atom is -0.512 e. The molecule has 136 valence electrons. The molecule has 28 heavy (non-hydrogen) atoms. The van der Waals surface area contributed by atoms with Gasteiger partial charge < -0.3 is 10.1 Å². The molecule has 0 fully saturated rings. The van der Waals surface area contributed by atoms with Gasteiger partial charge in [0.2, 0.25) is 0 Å². The summed E-state index contributed by atoms with van der Waals surface area (Å²) in [5.41, 5.74) is 5.99. The molecule has 5 rings (SSSR count). The van der Waals surface area contributed by atoms with Gasteiger partial charge in [-0.2, -0.15) is 0 Å². The SMILES string of the molecule is CCC(O)=c1cc2[nH]c1=CC1=NC(=CC3=NC(=CC4=NC(=C2)C=C4)C=C3)C=C1. The van der Waals surface area contributed by atoms with Gasteiger partial charge in [0.15, 0.2) is 0 Å². The predicted octanol–water partition coefficient (Wildman–Crippen LogP) is 3.03. The van der Waals surface area contributed by atoms with E-state index in [0.717, 1.165) is 50.5 Å². The number of nitrogens with zero attached hydrogens (tertiary/aromatic N) is 3. The van der Waals surface area contributed by atoms with Crippen molar-refractivity contribution in [1.29, 1.82) is 0 Å². The van der Waals surface area contributed by atoms with Crippen molar-refractivity contribution in [2.45, 2.75) is 13.3 Å². The molecule has 0 unspecified atom stereocenters. The van der Waals surface area contributed by atoms with Crippen LogP contribution in [0.25, 0.3) is 17.9 Å². The second-order valence-corrected chi connectivity index (χ2v) is 6.81. The molecule has 4 aliphatic heterocycles. The van der Waals surface area contributed by atoms with Crippen LogP contribution in [0.1, 0.15) is 19.0 Å². The number of aliphatic hydroxyl groups is 1. The van der Waals surface area contributed by atoms with E-state index in [2.05, 4.69) is 20.0 Å². The van der Waals surface area contributed by atoms with E-state index in [1.54, 1.807) is 0 Å². The smallest absolute Gasteiger partial charge is 0.101 e. The van der Waals surface area contributed by atoms with Gasteiger partial charge in [-0.05, 0) is 66.8 Å². The fraction of sp³-hybridized carbons (Fsp3) is 0.0870.